The summed E-state index contributed by atoms with van der Waals surface area (Å²) in [5.74, 6) is 0.0694. The lowest BCUT2D eigenvalue weighted by atomic mass is 9.96. The molecule has 4 nitrogen and oxygen atoms in total. The molecule has 3 rings (SSSR count). The average Bonchev–Trinajstić information content (AvgIpc) is 2.65. The quantitative estimate of drug-likeness (QED) is 0.589. The first kappa shape index (κ1) is 18.7. The molecule has 0 radical (unpaired) electrons. The Hall–Kier alpha value is -2.10. The van der Waals surface area contributed by atoms with Gasteiger partial charge in [0.2, 0.25) is 0 Å². The van der Waals surface area contributed by atoms with Crippen molar-refractivity contribution in [2.45, 2.75) is 77.8 Å². The number of hydrogen-bond acceptors (Lipinski definition) is 3. The van der Waals surface area contributed by atoms with Gasteiger partial charge in [-0.05, 0) is 38.3 Å². The molecule has 1 heterocycles. The minimum atomic E-state index is -0.130. The third-order valence-corrected chi connectivity index (χ3v) is 5.40. The van der Waals surface area contributed by atoms with Crippen molar-refractivity contribution in [3.63, 3.8) is 0 Å². The van der Waals surface area contributed by atoms with Crippen LogP contribution < -0.4 is 5.56 Å². The fourth-order valence-electron chi connectivity index (χ4n) is 3.84. The summed E-state index contributed by atoms with van der Waals surface area (Å²) in [6.07, 6.45) is 10.6. The van der Waals surface area contributed by atoms with Gasteiger partial charge in [-0.3, -0.25) is 9.79 Å². The first-order chi connectivity index (χ1) is 12.6. The number of aromatic nitrogens is 1. The molecule has 2 aromatic rings. The van der Waals surface area contributed by atoms with Crippen LogP contribution in [0.5, 0.6) is 5.75 Å². The van der Waals surface area contributed by atoms with E-state index in [-0.39, 0.29) is 17.4 Å². The molecule has 0 bridgehead atoms. The van der Waals surface area contributed by atoms with Crippen molar-refractivity contribution in [1.29, 1.82) is 0 Å². The van der Waals surface area contributed by atoms with E-state index in [2.05, 4.69) is 11.9 Å². The number of unbranched alkanes of at least 4 members (excludes halogenated alkanes) is 2. The van der Waals surface area contributed by atoms with E-state index in [1.807, 2.05) is 29.7 Å². The van der Waals surface area contributed by atoms with Crippen LogP contribution in [0.1, 0.15) is 69.4 Å². The Morgan fingerprint density at radius 3 is 2.73 bits per heavy atom. The summed E-state index contributed by atoms with van der Waals surface area (Å²) in [7, 11) is 0. The summed E-state index contributed by atoms with van der Waals surface area (Å²) in [5, 5.41) is 11.5. The van der Waals surface area contributed by atoms with Crippen molar-refractivity contribution in [2.24, 2.45) is 4.99 Å². The lowest BCUT2D eigenvalue weighted by Crippen LogP contribution is -2.25. The Bertz CT molecular complexity index is 845. The van der Waals surface area contributed by atoms with Gasteiger partial charge in [0.15, 0.2) is 0 Å². The maximum atomic E-state index is 13.1. The second-order valence-corrected chi connectivity index (χ2v) is 7.52. The van der Waals surface area contributed by atoms with E-state index in [1.165, 1.54) is 19.3 Å². The SMILES string of the molecule is CCCCCn1c(=O)c(C=NC2CCCCC2)c(O)c2cc(C)ccc21. The van der Waals surface area contributed by atoms with E-state index >= 15 is 0 Å². The first-order valence-corrected chi connectivity index (χ1v) is 10.0. The highest BCUT2D eigenvalue weighted by Gasteiger charge is 2.16. The summed E-state index contributed by atoms with van der Waals surface area (Å²) in [5.41, 5.74) is 2.09. The fraction of sp³-hybridized carbons (Fsp3) is 0.545. The summed E-state index contributed by atoms with van der Waals surface area (Å²) >= 11 is 0. The van der Waals surface area contributed by atoms with E-state index < -0.39 is 0 Å². The molecule has 1 aromatic carbocycles. The molecule has 0 amide bonds. The number of benzene rings is 1. The summed E-state index contributed by atoms with van der Waals surface area (Å²) in [4.78, 5) is 17.7. The average molecular weight is 354 g/mol. The number of pyridine rings is 1. The van der Waals surface area contributed by atoms with Crippen LogP contribution in [0, 0.1) is 6.92 Å². The molecule has 1 aliphatic rings. The van der Waals surface area contributed by atoms with E-state index in [0.29, 0.717) is 12.1 Å². The van der Waals surface area contributed by atoms with Crippen LogP contribution in [0.25, 0.3) is 10.9 Å². The molecule has 0 atom stereocenters. The predicted octanol–water partition coefficient (Wildman–Crippen LogP) is 4.96. The molecule has 4 heteroatoms. The van der Waals surface area contributed by atoms with Gasteiger partial charge in [0.25, 0.3) is 5.56 Å². The number of rotatable bonds is 6. The summed E-state index contributed by atoms with van der Waals surface area (Å²) < 4.78 is 1.81. The van der Waals surface area contributed by atoms with Crippen LogP contribution in [0.15, 0.2) is 28.0 Å². The summed E-state index contributed by atoms with van der Waals surface area (Å²) in [6.45, 7) is 4.83. The third kappa shape index (κ3) is 4.00. The number of aromatic hydroxyl groups is 1. The maximum absolute atomic E-state index is 13.1. The zero-order chi connectivity index (χ0) is 18.5. The molecule has 0 saturated heterocycles. The normalized spacial score (nSPS) is 15.9. The molecule has 1 N–H and O–H groups in total. The van der Waals surface area contributed by atoms with Gasteiger partial charge in [0, 0.05) is 24.2 Å². The van der Waals surface area contributed by atoms with Gasteiger partial charge in [-0.15, -0.1) is 0 Å². The topological polar surface area (TPSA) is 54.6 Å². The van der Waals surface area contributed by atoms with Crippen LogP contribution >= 0.6 is 0 Å². The zero-order valence-corrected chi connectivity index (χ0v) is 16.0. The zero-order valence-electron chi connectivity index (χ0n) is 16.0. The van der Waals surface area contributed by atoms with Crippen molar-refractivity contribution in [3.05, 3.63) is 39.7 Å². The lowest BCUT2D eigenvalue weighted by Gasteiger charge is -2.18. The van der Waals surface area contributed by atoms with Crippen LogP contribution in [0.4, 0.5) is 0 Å². The van der Waals surface area contributed by atoms with Crippen molar-refractivity contribution in [2.75, 3.05) is 0 Å². The number of hydrogen-bond donors (Lipinski definition) is 1. The Balaban J connectivity index is 2.06. The van der Waals surface area contributed by atoms with Gasteiger partial charge < -0.3 is 9.67 Å². The number of nitrogens with zero attached hydrogens (tertiary/aromatic N) is 2. The van der Waals surface area contributed by atoms with Crippen LogP contribution in [-0.2, 0) is 6.54 Å². The third-order valence-electron chi connectivity index (χ3n) is 5.40. The van der Waals surface area contributed by atoms with Gasteiger partial charge >= 0.3 is 0 Å². The Morgan fingerprint density at radius 1 is 1.23 bits per heavy atom. The highest BCUT2D eigenvalue weighted by molar-refractivity contribution is 5.95. The largest absolute Gasteiger partial charge is 0.506 e. The predicted molar refractivity (Wildman–Crippen MR) is 109 cm³/mol. The number of aryl methyl sites for hydroxylation is 2. The first-order valence-electron chi connectivity index (χ1n) is 10.0. The second-order valence-electron chi connectivity index (χ2n) is 7.52. The molecule has 0 unspecified atom stereocenters. The standard InChI is InChI=1S/C22H30N2O2/c1-3-4-8-13-24-20-12-11-16(2)14-18(20)21(25)19(22(24)26)15-23-17-9-6-5-7-10-17/h11-12,14-15,17,25H,3-10,13H2,1-2H3. The van der Waals surface area contributed by atoms with Crippen LogP contribution in [0.3, 0.4) is 0 Å². The molecular weight excluding hydrogens is 324 g/mol. The molecule has 140 valence electrons. The maximum Gasteiger partial charge on any atom is 0.263 e. The lowest BCUT2D eigenvalue weighted by molar-refractivity contribution is 0.444. The van der Waals surface area contributed by atoms with Crippen molar-refractivity contribution in [3.8, 4) is 5.75 Å². The van der Waals surface area contributed by atoms with Gasteiger partial charge in [-0.1, -0.05) is 50.7 Å². The summed E-state index contributed by atoms with van der Waals surface area (Å²) in [6, 6.07) is 6.18. The van der Waals surface area contributed by atoms with E-state index in [0.717, 1.165) is 48.6 Å². The second kappa shape index (κ2) is 8.52. The highest BCUT2D eigenvalue weighted by atomic mass is 16.3. The minimum Gasteiger partial charge on any atom is -0.506 e. The van der Waals surface area contributed by atoms with Crippen molar-refractivity contribution >= 4 is 17.1 Å². The van der Waals surface area contributed by atoms with Crippen LogP contribution in [0.2, 0.25) is 0 Å². The van der Waals surface area contributed by atoms with Gasteiger partial charge in [0.1, 0.15) is 11.3 Å². The van der Waals surface area contributed by atoms with E-state index in [1.54, 1.807) is 6.21 Å². The van der Waals surface area contributed by atoms with Gasteiger partial charge in [-0.2, -0.15) is 0 Å². The van der Waals surface area contributed by atoms with Gasteiger partial charge in [0.05, 0.1) is 5.52 Å². The smallest absolute Gasteiger partial charge is 0.263 e. The van der Waals surface area contributed by atoms with Crippen molar-refractivity contribution in [1.82, 2.24) is 4.57 Å². The Morgan fingerprint density at radius 2 is 2.00 bits per heavy atom. The fourth-order valence-corrected chi connectivity index (χ4v) is 3.84. The van der Waals surface area contributed by atoms with E-state index in [4.69, 9.17) is 0 Å². The van der Waals surface area contributed by atoms with Crippen LogP contribution in [-0.4, -0.2) is 21.9 Å². The molecular formula is C22H30N2O2. The molecule has 1 aliphatic carbocycles. The number of fused-ring (bicyclic) bond motifs is 1. The molecule has 0 aliphatic heterocycles. The minimum absolute atomic E-state index is 0.0694. The van der Waals surface area contributed by atoms with E-state index in [9.17, 15) is 9.90 Å². The van der Waals surface area contributed by atoms with Gasteiger partial charge in [-0.25, -0.2) is 0 Å². The molecule has 1 saturated carbocycles. The molecule has 1 aromatic heterocycles. The monoisotopic (exact) mass is 354 g/mol. The molecule has 0 spiro atoms. The molecule has 26 heavy (non-hydrogen) atoms. The number of aliphatic imine (C=N–C) groups is 1. The molecule has 1 fully saturated rings. The highest BCUT2D eigenvalue weighted by Crippen LogP contribution is 2.27. The Kier molecular flexibility index (Phi) is 6.12. The Labute approximate surface area is 155 Å². The van der Waals surface area contributed by atoms with Crippen molar-refractivity contribution < 1.29 is 5.11 Å².